The molecule has 0 radical (unpaired) electrons. The molecule has 84 valence electrons. The first-order chi connectivity index (χ1) is 7.63. The molecule has 0 spiro atoms. The summed E-state index contributed by atoms with van der Waals surface area (Å²) in [6.07, 6.45) is 1.31. The van der Waals surface area contributed by atoms with Gasteiger partial charge in [0.05, 0.1) is 11.1 Å². The number of nitro groups is 1. The molecule has 0 heterocycles. The van der Waals surface area contributed by atoms with Gasteiger partial charge in [-0.1, -0.05) is 12.1 Å². The molecule has 0 atom stereocenters. The summed E-state index contributed by atoms with van der Waals surface area (Å²) in [7, 11) is 0. The molecule has 0 aromatic heterocycles. The molecule has 0 amide bonds. The van der Waals surface area contributed by atoms with Gasteiger partial charge in [0.1, 0.15) is 0 Å². The first-order valence-corrected chi connectivity index (χ1v) is 4.14. The zero-order valence-electron chi connectivity index (χ0n) is 8.07. The Morgan fingerprint density at radius 2 is 2.38 bits per heavy atom. The molecule has 8 heteroatoms. The van der Waals surface area contributed by atoms with Crippen molar-refractivity contribution in [2.45, 2.75) is 0 Å². The number of nitrogens with two attached hydrogens (primary N) is 1. The van der Waals surface area contributed by atoms with Crippen LogP contribution in [0.2, 0.25) is 0 Å². The standard InChI is InChI=1S/C8H9N5O3/c9-8(12-14)11-10-5-6-2-1-3-7(4-6)13(15)16/h1-5,14H,(H3,9,11,12)/b10-5+. The summed E-state index contributed by atoms with van der Waals surface area (Å²) in [6.45, 7) is 0. The quantitative estimate of drug-likeness (QED) is 0.222. The van der Waals surface area contributed by atoms with E-state index in [4.69, 9.17) is 10.9 Å². The van der Waals surface area contributed by atoms with Crippen LogP contribution in [0.4, 0.5) is 5.69 Å². The predicted octanol–water partition coefficient (Wildman–Crippen LogP) is 0.222. The molecule has 0 unspecified atom stereocenters. The highest BCUT2D eigenvalue weighted by molar-refractivity contribution is 5.83. The Hall–Kier alpha value is -2.64. The summed E-state index contributed by atoms with van der Waals surface area (Å²) in [5, 5.41) is 24.9. The van der Waals surface area contributed by atoms with Gasteiger partial charge in [0.15, 0.2) is 0 Å². The molecule has 1 rings (SSSR count). The number of hydrogen-bond donors (Lipinski definition) is 3. The fraction of sp³-hybridized carbons (Fsp3) is 0. The van der Waals surface area contributed by atoms with E-state index in [0.29, 0.717) is 5.56 Å². The van der Waals surface area contributed by atoms with Gasteiger partial charge in [0.25, 0.3) is 11.6 Å². The minimum Gasteiger partial charge on any atom is -0.408 e. The van der Waals surface area contributed by atoms with Gasteiger partial charge in [-0.3, -0.25) is 10.1 Å². The molecule has 0 bridgehead atoms. The fourth-order valence-corrected chi connectivity index (χ4v) is 0.914. The maximum atomic E-state index is 10.5. The average Bonchev–Trinajstić information content (AvgIpc) is 2.29. The molecular weight excluding hydrogens is 214 g/mol. The minimum absolute atomic E-state index is 0.0345. The topological polar surface area (TPSA) is 126 Å². The van der Waals surface area contributed by atoms with Crippen molar-refractivity contribution in [1.29, 1.82) is 0 Å². The molecular formula is C8H9N5O3. The Morgan fingerprint density at radius 3 is 3.00 bits per heavy atom. The van der Waals surface area contributed by atoms with Crippen LogP contribution >= 0.6 is 0 Å². The van der Waals surface area contributed by atoms with Crippen LogP contribution in [0.15, 0.2) is 34.5 Å². The van der Waals surface area contributed by atoms with E-state index in [1.807, 2.05) is 0 Å². The average molecular weight is 223 g/mol. The molecule has 1 aromatic rings. The van der Waals surface area contributed by atoms with Gasteiger partial charge in [0, 0.05) is 17.7 Å². The van der Waals surface area contributed by atoms with Crippen molar-refractivity contribution in [3.63, 3.8) is 0 Å². The lowest BCUT2D eigenvalue weighted by atomic mass is 10.2. The van der Waals surface area contributed by atoms with Gasteiger partial charge in [-0.15, -0.1) is 0 Å². The van der Waals surface area contributed by atoms with Crippen molar-refractivity contribution < 1.29 is 10.1 Å². The van der Waals surface area contributed by atoms with Gasteiger partial charge >= 0.3 is 0 Å². The molecule has 0 aliphatic carbocycles. The van der Waals surface area contributed by atoms with Crippen LogP contribution in [0.1, 0.15) is 5.56 Å². The van der Waals surface area contributed by atoms with Crippen molar-refractivity contribution in [1.82, 2.24) is 5.43 Å². The van der Waals surface area contributed by atoms with E-state index in [1.54, 1.807) is 6.07 Å². The van der Waals surface area contributed by atoms with Crippen LogP contribution in [0.25, 0.3) is 0 Å². The fourth-order valence-electron chi connectivity index (χ4n) is 0.914. The SMILES string of the molecule is NC(=NO)N/N=C/c1cccc([N+](=O)[O-])c1. The Bertz CT molecular complexity index is 443. The van der Waals surface area contributed by atoms with Crippen LogP contribution in [0.5, 0.6) is 0 Å². The van der Waals surface area contributed by atoms with Gasteiger partial charge in [-0.05, 0) is 5.16 Å². The molecule has 0 fully saturated rings. The van der Waals surface area contributed by atoms with Crippen LogP contribution in [0, 0.1) is 10.1 Å². The Labute approximate surface area is 90.2 Å². The van der Waals surface area contributed by atoms with E-state index < -0.39 is 4.92 Å². The first-order valence-electron chi connectivity index (χ1n) is 4.14. The Balaban J connectivity index is 2.74. The number of hydrazone groups is 1. The molecule has 0 saturated carbocycles. The lowest BCUT2D eigenvalue weighted by Crippen LogP contribution is -2.26. The molecule has 0 aliphatic heterocycles. The number of nitro benzene ring substituents is 1. The third kappa shape index (κ3) is 3.25. The molecule has 0 aliphatic rings. The number of non-ortho nitro benzene ring substituents is 1. The summed E-state index contributed by atoms with van der Waals surface area (Å²) in [5.74, 6) is -0.276. The van der Waals surface area contributed by atoms with E-state index in [0.717, 1.165) is 0 Å². The maximum absolute atomic E-state index is 10.5. The highest BCUT2D eigenvalue weighted by atomic mass is 16.6. The van der Waals surface area contributed by atoms with Gasteiger partial charge < -0.3 is 10.9 Å². The number of benzene rings is 1. The first kappa shape index (κ1) is 11.4. The zero-order valence-corrected chi connectivity index (χ0v) is 8.07. The lowest BCUT2D eigenvalue weighted by molar-refractivity contribution is -0.384. The number of rotatable bonds is 3. The monoisotopic (exact) mass is 223 g/mol. The highest BCUT2D eigenvalue weighted by Gasteiger charge is 2.03. The number of nitrogens with zero attached hydrogens (tertiary/aromatic N) is 3. The minimum atomic E-state index is -0.506. The van der Waals surface area contributed by atoms with E-state index in [2.05, 4.69) is 15.7 Å². The number of nitrogens with one attached hydrogen (secondary N) is 1. The van der Waals surface area contributed by atoms with Crippen molar-refractivity contribution in [2.75, 3.05) is 0 Å². The number of hydrogen-bond acceptors (Lipinski definition) is 5. The molecule has 0 saturated heterocycles. The molecule has 1 aromatic carbocycles. The third-order valence-corrected chi connectivity index (χ3v) is 1.58. The third-order valence-electron chi connectivity index (χ3n) is 1.58. The highest BCUT2D eigenvalue weighted by Crippen LogP contribution is 2.11. The van der Waals surface area contributed by atoms with Crippen LogP contribution in [0.3, 0.4) is 0 Å². The van der Waals surface area contributed by atoms with Crippen molar-refractivity contribution in [3.05, 3.63) is 39.9 Å². The second kappa shape index (κ2) is 5.29. The summed E-state index contributed by atoms with van der Waals surface area (Å²) in [5.41, 5.74) is 7.78. The number of guanidine groups is 1. The van der Waals surface area contributed by atoms with Crippen LogP contribution < -0.4 is 11.2 Å². The van der Waals surface area contributed by atoms with Crippen molar-refractivity contribution in [2.24, 2.45) is 16.0 Å². The van der Waals surface area contributed by atoms with Crippen molar-refractivity contribution in [3.8, 4) is 0 Å². The number of oxime groups is 1. The summed E-state index contributed by atoms with van der Waals surface area (Å²) in [6, 6.07) is 5.87. The predicted molar refractivity (Wildman–Crippen MR) is 57.2 cm³/mol. The summed E-state index contributed by atoms with van der Waals surface area (Å²) in [4.78, 5) is 9.95. The van der Waals surface area contributed by atoms with E-state index in [-0.39, 0.29) is 11.6 Å². The second-order valence-electron chi connectivity index (χ2n) is 2.71. The lowest BCUT2D eigenvalue weighted by Gasteiger charge is -1.95. The van der Waals surface area contributed by atoms with Gasteiger partial charge in [0.2, 0.25) is 0 Å². The largest absolute Gasteiger partial charge is 0.408 e. The van der Waals surface area contributed by atoms with Gasteiger partial charge in [-0.25, -0.2) is 5.43 Å². The summed E-state index contributed by atoms with van der Waals surface area (Å²) < 4.78 is 0. The Kier molecular flexibility index (Phi) is 3.78. The van der Waals surface area contributed by atoms with Gasteiger partial charge in [-0.2, -0.15) is 5.10 Å². The molecule has 8 nitrogen and oxygen atoms in total. The molecule has 16 heavy (non-hydrogen) atoms. The van der Waals surface area contributed by atoms with Crippen LogP contribution in [-0.4, -0.2) is 22.3 Å². The maximum Gasteiger partial charge on any atom is 0.270 e. The van der Waals surface area contributed by atoms with E-state index in [9.17, 15) is 10.1 Å². The smallest absolute Gasteiger partial charge is 0.270 e. The normalized spacial score (nSPS) is 11.6. The van der Waals surface area contributed by atoms with E-state index in [1.165, 1.54) is 24.4 Å². The second-order valence-corrected chi connectivity index (χ2v) is 2.71. The van der Waals surface area contributed by atoms with Crippen LogP contribution in [-0.2, 0) is 0 Å². The summed E-state index contributed by atoms with van der Waals surface area (Å²) >= 11 is 0. The Morgan fingerprint density at radius 1 is 1.62 bits per heavy atom. The molecule has 4 N–H and O–H groups in total. The zero-order chi connectivity index (χ0) is 12.0. The van der Waals surface area contributed by atoms with Crippen molar-refractivity contribution >= 4 is 17.9 Å². The van der Waals surface area contributed by atoms with E-state index >= 15 is 0 Å².